The second kappa shape index (κ2) is 10.7. The van der Waals surface area contributed by atoms with Gasteiger partial charge in [0.25, 0.3) is 5.91 Å². The molecule has 22 heavy (non-hydrogen) atoms. The van der Waals surface area contributed by atoms with Crippen LogP contribution in [0.5, 0.6) is 5.75 Å². The minimum Gasteiger partial charge on any atom is -0.484 e. The fraction of sp³-hybridized carbons (Fsp3) is 0.529. The zero-order valence-corrected chi connectivity index (χ0v) is 13.1. The summed E-state index contributed by atoms with van der Waals surface area (Å²) in [5.41, 5.74) is 1.26. The van der Waals surface area contributed by atoms with Crippen molar-refractivity contribution in [2.24, 2.45) is 0 Å². The molecule has 0 radical (unpaired) electrons. The van der Waals surface area contributed by atoms with Crippen molar-refractivity contribution in [1.29, 1.82) is 0 Å². The normalized spacial score (nSPS) is 10.2. The average molecular weight is 307 g/mol. The summed E-state index contributed by atoms with van der Waals surface area (Å²) < 4.78 is 5.42. The van der Waals surface area contributed by atoms with Crippen LogP contribution >= 0.6 is 0 Å². The number of hydrogen-bond acceptors (Lipinski definition) is 3. The Hall–Kier alpha value is -2.04. The van der Waals surface area contributed by atoms with Gasteiger partial charge in [0.05, 0.1) is 0 Å². The van der Waals surface area contributed by atoms with Crippen LogP contribution in [0.15, 0.2) is 24.3 Å². The molecule has 0 saturated heterocycles. The third-order valence-corrected chi connectivity index (χ3v) is 3.22. The smallest absolute Gasteiger partial charge is 0.303 e. The monoisotopic (exact) mass is 307 g/mol. The van der Waals surface area contributed by atoms with E-state index < -0.39 is 5.97 Å². The summed E-state index contributed by atoms with van der Waals surface area (Å²) in [5, 5.41) is 11.3. The Morgan fingerprint density at radius 2 is 1.86 bits per heavy atom. The molecule has 1 amide bonds. The molecule has 0 aliphatic heterocycles. The van der Waals surface area contributed by atoms with Gasteiger partial charge in [0, 0.05) is 13.0 Å². The van der Waals surface area contributed by atoms with Gasteiger partial charge in [-0.05, 0) is 37.0 Å². The van der Waals surface area contributed by atoms with E-state index in [0.29, 0.717) is 18.7 Å². The number of unbranched alkanes of at least 4 members (excludes halogenated alkanes) is 2. The first-order valence-corrected chi connectivity index (χ1v) is 7.82. The minimum atomic E-state index is -0.776. The van der Waals surface area contributed by atoms with Crippen LogP contribution in [-0.2, 0) is 16.0 Å². The Balaban J connectivity index is 2.11. The van der Waals surface area contributed by atoms with E-state index in [-0.39, 0.29) is 18.9 Å². The molecule has 0 bridgehead atoms. The largest absolute Gasteiger partial charge is 0.484 e. The predicted octanol–water partition coefficient (Wildman–Crippen LogP) is 2.78. The molecule has 2 N–H and O–H groups in total. The first kappa shape index (κ1) is 18.0. The SMILES string of the molecule is CCCc1ccc(OCC(=O)NCCCCCC(=O)O)cc1. The topological polar surface area (TPSA) is 75.6 Å². The van der Waals surface area contributed by atoms with E-state index in [4.69, 9.17) is 9.84 Å². The number of carboxylic acids is 1. The average Bonchev–Trinajstić information content (AvgIpc) is 2.50. The van der Waals surface area contributed by atoms with E-state index in [9.17, 15) is 9.59 Å². The van der Waals surface area contributed by atoms with E-state index in [0.717, 1.165) is 25.7 Å². The van der Waals surface area contributed by atoms with Crippen LogP contribution in [0.25, 0.3) is 0 Å². The van der Waals surface area contributed by atoms with Crippen molar-refractivity contribution in [3.8, 4) is 5.75 Å². The summed E-state index contributed by atoms with van der Waals surface area (Å²) in [5.74, 6) is -0.241. The van der Waals surface area contributed by atoms with Gasteiger partial charge in [-0.15, -0.1) is 0 Å². The Morgan fingerprint density at radius 1 is 1.14 bits per heavy atom. The highest BCUT2D eigenvalue weighted by Crippen LogP contribution is 2.13. The van der Waals surface area contributed by atoms with Gasteiger partial charge in [-0.3, -0.25) is 9.59 Å². The first-order valence-electron chi connectivity index (χ1n) is 7.82. The summed E-state index contributed by atoms with van der Waals surface area (Å²) in [7, 11) is 0. The van der Waals surface area contributed by atoms with Crippen molar-refractivity contribution in [3.05, 3.63) is 29.8 Å². The number of aryl methyl sites for hydroxylation is 1. The molecule has 1 aromatic carbocycles. The maximum atomic E-state index is 11.6. The molecule has 0 saturated carbocycles. The van der Waals surface area contributed by atoms with Crippen LogP contribution in [0.2, 0.25) is 0 Å². The van der Waals surface area contributed by atoms with Gasteiger partial charge in [0.1, 0.15) is 5.75 Å². The molecule has 0 fully saturated rings. The molecule has 1 aromatic rings. The van der Waals surface area contributed by atoms with Crippen molar-refractivity contribution in [2.45, 2.75) is 45.4 Å². The summed E-state index contributed by atoms with van der Waals surface area (Å²) in [6.07, 6.45) is 4.56. The number of carbonyl (C=O) groups is 2. The molecular formula is C17H25NO4. The number of hydrogen-bond donors (Lipinski definition) is 2. The highest BCUT2D eigenvalue weighted by atomic mass is 16.5. The zero-order valence-electron chi connectivity index (χ0n) is 13.1. The van der Waals surface area contributed by atoms with Crippen LogP contribution in [0.1, 0.15) is 44.6 Å². The summed E-state index contributed by atoms with van der Waals surface area (Å²) >= 11 is 0. The van der Waals surface area contributed by atoms with Crippen LogP contribution in [-0.4, -0.2) is 30.1 Å². The Labute approximate surface area is 131 Å². The lowest BCUT2D eigenvalue weighted by Crippen LogP contribution is -2.29. The summed E-state index contributed by atoms with van der Waals surface area (Å²) in [6, 6.07) is 7.78. The third kappa shape index (κ3) is 8.29. The van der Waals surface area contributed by atoms with Crippen molar-refractivity contribution in [3.63, 3.8) is 0 Å². The molecule has 0 unspecified atom stereocenters. The summed E-state index contributed by atoms with van der Waals surface area (Å²) in [4.78, 5) is 21.9. The Bertz CT molecular complexity index is 456. The standard InChI is InChI=1S/C17H25NO4/c1-2-6-14-8-10-15(11-9-14)22-13-16(19)18-12-5-3-4-7-17(20)21/h8-11H,2-7,12-13H2,1H3,(H,18,19)(H,20,21). The van der Waals surface area contributed by atoms with Gasteiger partial charge in [-0.2, -0.15) is 0 Å². The van der Waals surface area contributed by atoms with Gasteiger partial charge in [-0.1, -0.05) is 31.9 Å². The molecule has 5 heteroatoms. The van der Waals surface area contributed by atoms with Crippen molar-refractivity contribution in [2.75, 3.05) is 13.2 Å². The Kier molecular flexibility index (Phi) is 8.72. The van der Waals surface area contributed by atoms with E-state index in [1.165, 1.54) is 5.56 Å². The minimum absolute atomic E-state index is 0.00223. The van der Waals surface area contributed by atoms with Gasteiger partial charge in [-0.25, -0.2) is 0 Å². The number of aliphatic carboxylic acids is 1. The lowest BCUT2D eigenvalue weighted by molar-refractivity contribution is -0.137. The highest BCUT2D eigenvalue weighted by molar-refractivity contribution is 5.77. The molecule has 0 aliphatic rings. The lowest BCUT2D eigenvalue weighted by atomic mass is 10.1. The van der Waals surface area contributed by atoms with Crippen LogP contribution < -0.4 is 10.1 Å². The number of benzene rings is 1. The van der Waals surface area contributed by atoms with E-state index in [2.05, 4.69) is 12.2 Å². The molecule has 122 valence electrons. The second-order valence-corrected chi connectivity index (χ2v) is 5.24. The maximum absolute atomic E-state index is 11.6. The fourth-order valence-electron chi connectivity index (χ4n) is 2.05. The number of nitrogens with one attached hydrogen (secondary N) is 1. The number of carbonyl (C=O) groups excluding carboxylic acids is 1. The zero-order chi connectivity index (χ0) is 16.2. The van der Waals surface area contributed by atoms with E-state index in [1.54, 1.807) is 0 Å². The van der Waals surface area contributed by atoms with E-state index in [1.807, 2.05) is 24.3 Å². The lowest BCUT2D eigenvalue weighted by Gasteiger charge is -2.08. The van der Waals surface area contributed by atoms with Gasteiger partial charge in [0.2, 0.25) is 0 Å². The van der Waals surface area contributed by atoms with Crippen molar-refractivity contribution in [1.82, 2.24) is 5.32 Å². The predicted molar refractivity (Wildman–Crippen MR) is 85.0 cm³/mol. The first-order chi connectivity index (χ1) is 10.6. The van der Waals surface area contributed by atoms with E-state index >= 15 is 0 Å². The molecular weight excluding hydrogens is 282 g/mol. The third-order valence-electron chi connectivity index (χ3n) is 3.22. The molecule has 0 heterocycles. The van der Waals surface area contributed by atoms with Crippen LogP contribution in [0.4, 0.5) is 0 Å². The Morgan fingerprint density at radius 3 is 2.50 bits per heavy atom. The number of carboxylic acid groups (broad SMARTS) is 1. The summed E-state index contributed by atoms with van der Waals surface area (Å²) in [6.45, 7) is 2.69. The van der Waals surface area contributed by atoms with Crippen LogP contribution in [0, 0.1) is 0 Å². The number of amides is 1. The van der Waals surface area contributed by atoms with Crippen molar-refractivity contribution >= 4 is 11.9 Å². The highest BCUT2D eigenvalue weighted by Gasteiger charge is 2.03. The number of rotatable bonds is 11. The molecule has 0 atom stereocenters. The molecule has 1 rings (SSSR count). The molecule has 0 spiro atoms. The van der Waals surface area contributed by atoms with Crippen LogP contribution in [0.3, 0.4) is 0 Å². The van der Waals surface area contributed by atoms with Gasteiger partial charge < -0.3 is 15.2 Å². The molecule has 5 nitrogen and oxygen atoms in total. The second-order valence-electron chi connectivity index (χ2n) is 5.24. The quantitative estimate of drug-likeness (QED) is 0.616. The van der Waals surface area contributed by atoms with Gasteiger partial charge >= 0.3 is 5.97 Å². The van der Waals surface area contributed by atoms with Gasteiger partial charge in [0.15, 0.2) is 6.61 Å². The molecule has 0 aromatic heterocycles. The fourth-order valence-corrected chi connectivity index (χ4v) is 2.05. The molecule has 0 aliphatic carbocycles. The van der Waals surface area contributed by atoms with Crippen molar-refractivity contribution < 1.29 is 19.4 Å². The maximum Gasteiger partial charge on any atom is 0.303 e. The number of ether oxygens (including phenoxy) is 1.